The van der Waals surface area contributed by atoms with Crippen LogP contribution in [0.5, 0.6) is 0 Å². The molecule has 0 bridgehead atoms. The number of hydrogen-bond donors (Lipinski definition) is 0. The van der Waals surface area contributed by atoms with Crippen molar-refractivity contribution in [2.45, 2.75) is 56.7 Å². The number of ether oxygens (including phenoxy) is 2. The van der Waals surface area contributed by atoms with Gasteiger partial charge in [-0.3, -0.25) is 0 Å². The summed E-state index contributed by atoms with van der Waals surface area (Å²) in [6, 6.07) is 0. The Morgan fingerprint density at radius 3 is 2.52 bits per heavy atom. The zero-order valence-electron chi connectivity index (χ0n) is 14.1. The van der Waals surface area contributed by atoms with Crippen LogP contribution in [0.2, 0.25) is 0 Å². The summed E-state index contributed by atoms with van der Waals surface area (Å²) in [7, 11) is -5.74. The monoisotopic (exact) mass is 387 g/mol. The maximum Gasteiger partial charge on any atom is 0.534 e. The van der Waals surface area contributed by atoms with E-state index >= 15 is 0 Å². The Kier molecular flexibility index (Phi) is 4.92. The molecule has 7 nitrogen and oxygen atoms in total. The smallest absolute Gasteiger partial charge is 0.489 e. The Morgan fingerprint density at radius 2 is 1.96 bits per heavy atom. The summed E-state index contributed by atoms with van der Waals surface area (Å²) >= 11 is 0. The summed E-state index contributed by atoms with van der Waals surface area (Å²) in [6.07, 6.45) is 1.10. The summed E-state index contributed by atoms with van der Waals surface area (Å²) in [5.41, 5.74) is -7.21. The van der Waals surface area contributed by atoms with Crippen molar-refractivity contribution in [3.05, 3.63) is 12.0 Å². The maximum atomic E-state index is 12.4. The molecule has 1 atom stereocenters. The van der Waals surface area contributed by atoms with E-state index in [1.807, 2.05) is 0 Å². The molecule has 0 aromatic heterocycles. The molecule has 0 N–H and O–H groups in total. The van der Waals surface area contributed by atoms with Gasteiger partial charge in [-0.2, -0.15) is 21.6 Å². The Morgan fingerprint density at radius 1 is 1.32 bits per heavy atom. The first kappa shape index (κ1) is 19.7. The molecule has 0 radical (unpaired) electrons. The van der Waals surface area contributed by atoms with Gasteiger partial charge in [0, 0.05) is 6.54 Å². The number of hydrogen-bond acceptors (Lipinski definition) is 6. The Bertz CT molecular complexity index is 667. The molecule has 1 fully saturated rings. The summed E-state index contributed by atoms with van der Waals surface area (Å²) in [5.74, 6) is -0.441. The van der Waals surface area contributed by atoms with Gasteiger partial charge in [-0.15, -0.1) is 0 Å². The van der Waals surface area contributed by atoms with E-state index in [1.54, 1.807) is 20.8 Å². The molecule has 2 heterocycles. The van der Waals surface area contributed by atoms with Crippen molar-refractivity contribution < 1.29 is 40.0 Å². The molecule has 1 spiro atoms. The molecule has 2 aliphatic rings. The van der Waals surface area contributed by atoms with Crippen molar-refractivity contribution in [2.24, 2.45) is 0 Å². The second-order valence-electron chi connectivity index (χ2n) is 7.05. The highest BCUT2D eigenvalue weighted by Crippen LogP contribution is 2.39. The van der Waals surface area contributed by atoms with Gasteiger partial charge in [-0.1, -0.05) is 0 Å². The van der Waals surface area contributed by atoms with Crippen LogP contribution in [0.3, 0.4) is 0 Å². The number of piperidine rings is 1. The van der Waals surface area contributed by atoms with Crippen molar-refractivity contribution >= 4 is 16.2 Å². The summed E-state index contributed by atoms with van der Waals surface area (Å²) in [5, 5.41) is 0. The van der Waals surface area contributed by atoms with Gasteiger partial charge in [0.05, 0.1) is 13.0 Å². The predicted octanol–water partition coefficient (Wildman–Crippen LogP) is 2.88. The van der Waals surface area contributed by atoms with Crippen molar-refractivity contribution in [1.82, 2.24) is 4.90 Å². The highest BCUT2D eigenvalue weighted by Gasteiger charge is 2.51. The highest BCUT2D eigenvalue weighted by molar-refractivity contribution is 7.87. The molecule has 0 aromatic carbocycles. The van der Waals surface area contributed by atoms with E-state index in [2.05, 4.69) is 4.18 Å². The Labute approximate surface area is 143 Å². The summed E-state index contributed by atoms with van der Waals surface area (Å²) in [6.45, 7) is 5.62. The first-order chi connectivity index (χ1) is 11.2. The summed E-state index contributed by atoms with van der Waals surface area (Å²) < 4.78 is 74.1. The van der Waals surface area contributed by atoms with E-state index in [1.165, 1.54) is 4.90 Å². The molecule has 1 saturated heterocycles. The van der Waals surface area contributed by atoms with E-state index in [9.17, 15) is 26.4 Å². The number of likely N-dealkylation sites (tertiary alicyclic amines) is 1. The van der Waals surface area contributed by atoms with Gasteiger partial charge < -0.3 is 18.6 Å². The van der Waals surface area contributed by atoms with E-state index in [4.69, 9.17) is 9.47 Å². The number of rotatable bonds is 2. The molecule has 0 aromatic rings. The quantitative estimate of drug-likeness (QED) is 0.535. The standard InChI is InChI=1S/C14H20F3NO6S/c1-12(2,3)23-11(19)18-6-4-5-13(9-18)7-10(8-22-13)24-25(20,21)14(15,16)17/h8H,4-7,9H2,1-3H3. The third-order valence-electron chi connectivity index (χ3n) is 3.63. The number of carbonyl (C=O) groups is 1. The second-order valence-corrected chi connectivity index (χ2v) is 8.59. The predicted molar refractivity (Wildman–Crippen MR) is 79.6 cm³/mol. The van der Waals surface area contributed by atoms with Crippen LogP contribution < -0.4 is 0 Å². The van der Waals surface area contributed by atoms with Crippen LogP contribution in [-0.2, 0) is 23.8 Å². The highest BCUT2D eigenvalue weighted by atomic mass is 32.2. The molecule has 144 valence electrons. The van der Waals surface area contributed by atoms with E-state index in [0.717, 1.165) is 6.26 Å². The van der Waals surface area contributed by atoms with Gasteiger partial charge in [-0.25, -0.2) is 4.79 Å². The van der Waals surface area contributed by atoms with Gasteiger partial charge in [0.1, 0.15) is 17.5 Å². The van der Waals surface area contributed by atoms with Crippen LogP contribution in [0.4, 0.5) is 18.0 Å². The molecule has 0 aliphatic carbocycles. The molecule has 2 rings (SSSR count). The number of alkyl halides is 3. The molecule has 0 saturated carbocycles. The van der Waals surface area contributed by atoms with Crippen molar-refractivity contribution in [2.75, 3.05) is 13.1 Å². The van der Waals surface area contributed by atoms with Gasteiger partial charge >= 0.3 is 21.7 Å². The van der Waals surface area contributed by atoms with Crippen LogP contribution in [0.1, 0.15) is 40.0 Å². The number of amides is 1. The molecule has 25 heavy (non-hydrogen) atoms. The van der Waals surface area contributed by atoms with Gasteiger partial charge in [-0.05, 0) is 33.6 Å². The van der Waals surface area contributed by atoms with E-state index in [-0.39, 0.29) is 13.0 Å². The third-order valence-corrected chi connectivity index (χ3v) is 4.63. The minimum absolute atomic E-state index is 0.0668. The molecule has 2 aliphatic heterocycles. The largest absolute Gasteiger partial charge is 0.534 e. The zero-order chi connectivity index (χ0) is 19.1. The van der Waals surface area contributed by atoms with Crippen molar-refractivity contribution in [1.29, 1.82) is 0 Å². The Balaban J connectivity index is 2.02. The molecule has 1 amide bonds. The van der Waals surface area contributed by atoms with Gasteiger partial charge in [0.15, 0.2) is 5.76 Å². The van der Waals surface area contributed by atoms with Crippen LogP contribution >= 0.6 is 0 Å². The van der Waals surface area contributed by atoms with Gasteiger partial charge in [0.2, 0.25) is 0 Å². The number of carbonyl (C=O) groups excluding carboxylic acids is 1. The van der Waals surface area contributed by atoms with E-state index < -0.39 is 38.7 Å². The lowest BCUT2D eigenvalue weighted by Crippen LogP contribution is -2.51. The first-order valence-electron chi connectivity index (χ1n) is 7.59. The fourth-order valence-corrected chi connectivity index (χ4v) is 3.12. The van der Waals surface area contributed by atoms with Crippen LogP contribution in [0.25, 0.3) is 0 Å². The minimum Gasteiger partial charge on any atom is -0.489 e. The fourth-order valence-electron chi connectivity index (χ4n) is 2.65. The number of nitrogens with zero attached hydrogens (tertiary/aromatic N) is 1. The molecular formula is C14H20F3NO6S. The lowest BCUT2D eigenvalue weighted by molar-refractivity contribution is -0.0528. The third kappa shape index (κ3) is 4.71. The topological polar surface area (TPSA) is 82.1 Å². The molecule has 1 unspecified atom stereocenters. The molecule has 11 heteroatoms. The van der Waals surface area contributed by atoms with Crippen LogP contribution in [0.15, 0.2) is 12.0 Å². The second kappa shape index (κ2) is 6.26. The lowest BCUT2D eigenvalue weighted by atomic mass is 9.90. The van der Waals surface area contributed by atoms with E-state index in [0.29, 0.717) is 19.4 Å². The fraction of sp³-hybridized carbons (Fsp3) is 0.786. The SMILES string of the molecule is CC(C)(C)OC(=O)N1CCCC2(CC(OS(=O)(=O)C(F)(F)F)=CO2)C1. The average molecular weight is 387 g/mol. The summed E-state index contributed by atoms with van der Waals surface area (Å²) in [4.78, 5) is 13.5. The lowest BCUT2D eigenvalue weighted by Gasteiger charge is -2.39. The zero-order valence-corrected chi connectivity index (χ0v) is 14.9. The number of halogens is 3. The van der Waals surface area contributed by atoms with Crippen molar-refractivity contribution in [3.8, 4) is 0 Å². The first-order valence-corrected chi connectivity index (χ1v) is 8.99. The van der Waals surface area contributed by atoms with Crippen LogP contribution in [-0.4, -0.2) is 49.2 Å². The van der Waals surface area contributed by atoms with Gasteiger partial charge in [0.25, 0.3) is 0 Å². The van der Waals surface area contributed by atoms with Crippen LogP contribution in [0, 0.1) is 0 Å². The average Bonchev–Trinajstić information content (AvgIpc) is 2.77. The van der Waals surface area contributed by atoms with Crippen molar-refractivity contribution in [3.63, 3.8) is 0 Å². The Hall–Kier alpha value is -1.65. The maximum absolute atomic E-state index is 12.4. The minimum atomic E-state index is -5.74. The molecular weight excluding hydrogens is 367 g/mol. The normalized spacial score (nSPS) is 24.7.